The maximum Gasteiger partial charge on any atom is 0.319 e. The molecule has 0 radical (unpaired) electrons. The second kappa shape index (κ2) is 8.52. The molecule has 0 unspecified atom stereocenters. The summed E-state index contributed by atoms with van der Waals surface area (Å²) in [5.41, 5.74) is 1.35. The summed E-state index contributed by atoms with van der Waals surface area (Å²) in [5, 5.41) is 5.66. The molecule has 1 aliphatic heterocycles. The number of ether oxygens (including phenoxy) is 1. The Labute approximate surface area is 175 Å². The van der Waals surface area contributed by atoms with E-state index in [4.69, 9.17) is 4.74 Å². The number of rotatable bonds is 6. The minimum absolute atomic E-state index is 0.204. The fourth-order valence-corrected chi connectivity index (χ4v) is 3.62. The molecule has 1 aromatic carbocycles. The molecule has 160 valence electrons. The number of aromatic nitrogens is 3. The number of morpholine rings is 1. The number of urea groups is 1. The number of benzene rings is 1. The Balaban J connectivity index is 1.57. The quantitative estimate of drug-likeness (QED) is 0.697. The molecular weight excluding hydrogens is 408 g/mol. The molecular formula is C19H24N6O4S. The van der Waals surface area contributed by atoms with Crippen LogP contribution < -0.4 is 15.5 Å². The molecule has 2 aliphatic rings. The average molecular weight is 433 g/mol. The largest absolute Gasteiger partial charge is 0.378 e. The Morgan fingerprint density at radius 2 is 1.83 bits per heavy atom. The highest BCUT2D eigenvalue weighted by Gasteiger charge is 2.23. The Morgan fingerprint density at radius 3 is 2.47 bits per heavy atom. The predicted molar refractivity (Wildman–Crippen MR) is 112 cm³/mol. The van der Waals surface area contributed by atoms with Crippen LogP contribution in [0.25, 0.3) is 11.4 Å². The molecule has 10 nitrogen and oxygen atoms in total. The monoisotopic (exact) mass is 432 g/mol. The minimum atomic E-state index is -3.30. The summed E-state index contributed by atoms with van der Waals surface area (Å²) in [6.45, 7) is 2.37. The summed E-state index contributed by atoms with van der Waals surface area (Å²) in [6.07, 6.45) is 3.19. The molecule has 2 aromatic rings. The van der Waals surface area contributed by atoms with Gasteiger partial charge in [-0.1, -0.05) is 0 Å². The van der Waals surface area contributed by atoms with Crippen LogP contribution in [0, 0.1) is 0 Å². The van der Waals surface area contributed by atoms with Crippen molar-refractivity contribution >= 4 is 27.5 Å². The summed E-state index contributed by atoms with van der Waals surface area (Å²) in [7, 11) is -3.30. The van der Waals surface area contributed by atoms with Gasteiger partial charge >= 0.3 is 6.03 Å². The van der Waals surface area contributed by atoms with E-state index in [0.717, 1.165) is 19.1 Å². The zero-order chi connectivity index (χ0) is 21.1. The van der Waals surface area contributed by atoms with Crippen molar-refractivity contribution in [2.75, 3.05) is 42.8 Å². The molecule has 1 aromatic heterocycles. The lowest BCUT2D eigenvalue weighted by Crippen LogP contribution is -2.37. The standard InChI is InChI=1S/C19H24N6O4S/c1-30(27,28)12-16-22-17(24-18(23-16)25-8-10-29-11-9-25)13-2-4-14(5-3-13)20-19(26)21-15-6-7-15/h2-5,15H,6-12H2,1H3,(H2,20,21,26). The van der Waals surface area contributed by atoms with Gasteiger partial charge in [0, 0.05) is 36.6 Å². The minimum Gasteiger partial charge on any atom is -0.378 e. The van der Waals surface area contributed by atoms with E-state index in [2.05, 4.69) is 25.6 Å². The number of sulfone groups is 1. The SMILES string of the molecule is CS(=O)(=O)Cc1nc(-c2ccc(NC(=O)NC3CC3)cc2)nc(N2CCOCC2)n1. The topological polar surface area (TPSA) is 126 Å². The van der Waals surface area contributed by atoms with Gasteiger partial charge in [0.2, 0.25) is 5.95 Å². The van der Waals surface area contributed by atoms with Crippen molar-refractivity contribution in [2.24, 2.45) is 0 Å². The van der Waals surface area contributed by atoms with E-state index in [-0.39, 0.29) is 23.7 Å². The third kappa shape index (κ3) is 5.63. The number of carbonyl (C=O) groups is 1. The van der Waals surface area contributed by atoms with Gasteiger partial charge in [-0.05, 0) is 37.1 Å². The Bertz CT molecular complexity index is 1020. The van der Waals surface area contributed by atoms with Gasteiger partial charge in [0.25, 0.3) is 0 Å². The Kier molecular flexibility index (Phi) is 5.82. The van der Waals surface area contributed by atoms with Crippen molar-refractivity contribution in [1.82, 2.24) is 20.3 Å². The van der Waals surface area contributed by atoms with Gasteiger partial charge < -0.3 is 20.3 Å². The van der Waals surface area contributed by atoms with Crippen LogP contribution in [-0.2, 0) is 20.3 Å². The first-order chi connectivity index (χ1) is 14.4. The summed E-state index contributed by atoms with van der Waals surface area (Å²) in [5.74, 6) is 0.767. The highest BCUT2D eigenvalue weighted by molar-refractivity contribution is 7.89. The van der Waals surface area contributed by atoms with E-state index < -0.39 is 9.84 Å². The number of hydrogen-bond acceptors (Lipinski definition) is 8. The number of anilines is 2. The van der Waals surface area contributed by atoms with Crippen LogP contribution in [0.5, 0.6) is 0 Å². The van der Waals surface area contributed by atoms with Gasteiger partial charge in [-0.2, -0.15) is 9.97 Å². The fourth-order valence-electron chi connectivity index (χ4n) is 3.02. The molecule has 0 atom stereocenters. The van der Waals surface area contributed by atoms with Gasteiger partial charge in [0.15, 0.2) is 15.7 Å². The van der Waals surface area contributed by atoms with Crippen molar-refractivity contribution < 1.29 is 17.9 Å². The second-order valence-corrected chi connectivity index (χ2v) is 9.64. The molecule has 0 spiro atoms. The third-order valence-electron chi connectivity index (χ3n) is 4.67. The first-order valence-electron chi connectivity index (χ1n) is 9.79. The number of amides is 2. The second-order valence-electron chi connectivity index (χ2n) is 7.49. The highest BCUT2D eigenvalue weighted by Crippen LogP contribution is 2.22. The summed E-state index contributed by atoms with van der Waals surface area (Å²) < 4.78 is 28.9. The van der Waals surface area contributed by atoms with Gasteiger partial charge in [0.1, 0.15) is 11.6 Å². The van der Waals surface area contributed by atoms with Crippen LogP contribution in [-0.4, -0.2) is 68.0 Å². The molecule has 2 fully saturated rings. The molecule has 11 heteroatoms. The van der Waals surface area contributed by atoms with Crippen molar-refractivity contribution in [3.63, 3.8) is 0 Å². The molecule has 4 rings (SSSR count). The average Bonchev–Trinajstić information content (AvgIpc) is 3.51. The zero-order valence-electron chi connectivity index (χ0n) is 16.7. The van der Waals surface area contributed by atoms with E-state index >= 15 is 0 Å². The predicted octanol–water partition coefficient (Wildman–Crippen LogP) is 1.20. The smallest absolute Gasteiger partial charge is 0.319 e. The van der Waals surface area contributed by atoms with Crippen molar-refractivity contribution in [2.45, 2.75) is 24.6 Å². The zero-order valence-corrected chi connectivity index (χ0v) is 17.5. The lowest BCUT2D eigenvalue weighted by atomic mass is 10.2. The first kappa shape index (κ1) is 20.5. The van der Waals surface area contributed by atoms with Crippen LogP contribution in [0.15, 0.2) is 24.3 Å². The fraction of sp³-hybridized carbons (Fsp3) is 0.474. The number of nitrogens with one attached hydrogen (secondary N) is 2. The number of nitrogens with zero attached hydrogens (tertiary/aromatic N) is 4. The van der Waals surface area contributed by atoms with Crippen LogP contribution in [0.1, 0.15) is 18.7 Å². The molecule has 30 heavy (non-hydrogen) atoms. The van der Waals surface area contributed by atoms with Crippen LogP contribution in [0.2, 0.25) is 0 Å². The Hall–Kier alpha value is -2.79. The van der Waals surface area contributed by atoms with Crippen LogP contribution >= 0.6 is 0 Å². The van der Waals surface area contributed by atoms with Crippen molar-refractivity contribution in [1.29, 1.82) is 0 Å². The van der Waals surface area contributed by atoms with E-state index in [1.54, 1.807) is 24.3 Å². The molecule has 0 bridgehead atoms. The molecule has 2 heterocycles. The van der Waals surface area contributed by atoms with Crippen LogP contribution in [0.3, 0.4) is 0 Å². The summed E-state index contributed by atoms with van der Waals surface area (Å²) in [4.78, 5) is 27.1. The lowest BCUT2D eigenvalue weighted by Gasteiger charge is -2.27. The van der Waals surface area contributed by atoms with Gasteiger partial charge in [-0.25, -0.2) is 18.2 Å². The van der Waals surface area contributed by atoms with Crippen molar-refractivity contribution in [3.8, 4) is 11.4 Å². The lowest BCUT2D eigenvalue weighted by molar-refractivity contribution is 0.122. The van der Waals surface area contributed by atoms with E-state index in [0.29, 0.717) is 49.3 Å². The number of hydrogen-bond donors (Lipinski definition) is 2. The van der Waals surface area contributed by atoms with E-state index in [9.17, 15) is 13.2 Å². The van der Waals surface area contributed by atoms with Crippen LogP contribution in [0.4, 0.5) is 16.4 Å². The van der Waals surface area contributed by atoms with Gasteiger partial charge in [-0.15, -0.1) is 0 Å². The van der Waals surface area contributed by atoms with E-state index in [1.165, 1.54) is 0 Å². The Morgan fingerprint density at radius 1 is 1.13 bits per heavy atom. The number of carbonyl (C=O) groups excluding carboxylic acids is 1. The molecule has 2 amide bonds. The highest BCUT2D eigenvalue weighted by atomic mass is 32.2. The normalized spacial score (nSPS) is 16.9. The maximum atomic E-state index is 11.9. The summed E-state index contributed by atoms with van der Waals surface area (Å²) >= 11 is 0. The maximum absolute atomic E-state index is 11.9. The summed E-state index contributed by atoms with van der Waals surface area (Å²) in [6, 6.07) is 7.15. The van der Waals surface area contributed by atoms with Crippen molar-refractivity contribution in [3.05, 3.63) is 30.1 Å². The van der Waals surface area contributed by atoms with Gasteiger partial charge in [0.05, 0.1) is 13.2 Å². The van der Waals surface area contributed by atoms with E-state index in [1.807, 2.05) is 4.90 Å². The molecule has 1 saturated heterocycles. The van der Waals surface area contributed by atoms with Gasteiger partial charge in [-0.3, -0.25) is 0 Å². The molecule has 2 N–H and O–H groups in total. The molecule has 1 aliphatic carbocycles. The first-order valence-corrected chi connectivity index (χ1v) is 11.9. The third-order valence-corrected chi connectivity index (χ3v) is 5.45. The molecule has 1 saturated carbocycles.